The van der Waals surface area contributed by atoms with Crippen molar-refractivity contribution >= 4 is 23.4 Å². The highest BCUT2D eigenvalue weighted by atomic mass is 32.2. The van der Waals surface area contributed by atoms with Gasteiger partial charge in [-0.2, -0.15) is 0 Å². The molecule has 0 amide bonds. The van der Waals surface area contributed by atoms with Crippen LogP contribution in [-0.4, -0.2) is 16.8 Å². The van der Waals surface area contributed by atoms with E-state index in [4.69, 9.17) is 10.8 Å². The van der Waals surface area contributed by atoms with Crippen LogP contribution in [0.2, 0.25) is 0 Å². The third kappa shape index (κ3) is 3.45. The lowest BCUT2D eigenvalue weighted by Crippen LogP contribution is -2.02. The highest BCUT2D eigenvalue weighted by Gasteiger charge is 2.09. The van der Waals surface area contributed by atoms with Gasteiger partial charge in [0.1, 0.15) is 0 Å². The number of hydrogen-bond acceptors (Lipinski definition) is 3. The topological polar surface area (TPSA) is 63.3 Å². The Labute approximate surface area is 100 Å². The van der Waals surface area contributed by atoms with Crippen LogP contribution >= 0.6 is 11.8 Å². The van der Waals surface area contributed by atoms with Gasteiger partial charge in [-0.3, -0.25) is 0 Å². The van der Waals surface area contributed by atoms with Crippen LogP contribution in [0.15, 0.2) is 23.1 Å². The summed E-state index contributed by atoms with van der Waals surface area (Å²) in [5, 5.41) is 8.92. The zero-order valence-corrected chi connectivity index (χ0v) is 10.4. The molecule has 3 N–H and O–H groups in total. The fourth-order valence-corrected chi connectivity index (χ4v) is 2.24. The molecule has 4 heteroatoms. The van der Waals surface area contributed by atoms with Gasteiger partial charge in [0.15, 0.2) is 0 Å². The normalized spacial score (nSPS) is 12.4. The summed E-state index contributed by atoms with van der Waals surface area (Å²) in [6, 6.07) is 5.17. The molecule has 0 spiro atoms. The highest BCUT2D eigenvalue weighted by molar-refractivity contribution is 7.99. The van der Waals surface area contributed by atoms with Gasteiger partial charge in [0, 0.05) is 16.3 Å². The zero-order valence-electron chi connectivity index (χ0n) is 9.56. The summed E-state index contributed by atoms with van der Waals surface area (Å²) in [7, 11) is 0. The first-order valence-corrected chi connectivity index (χ1v) is 6.28. The molecule has 1 aromatic rings. The van der Waals surface area contributed by atoms with E-state index < -0.39 is 5.97 Å². The molecular formula is C12H17NO2S. The van der Waals surface area contributed by atoms with Crippen molar-refractivity contribution in [2.24, 2.45) is 5.92 Å². The van der Waals surface area contributed by atoms with Crippen LogP contribution in [0.3, 0.4) is 0 Å². The molecule has 0 fully saturated rings. The lowest BCUT2D eigenvalue weighted by atomic mass is 10.2. The molecule has 0 saturated carbocycles. The Morgan fingerprint density at radius 1 is 1.56 bits per heavy atom. The molecule has 16 heavy (non-hydrogen) atoms. The second kappa shape index (κ2) is 5.80. The van der Waals surface area contributed by atoms with Crippen LogP contribution in [0.4, 0.5) is 5.69 Å². The number of hydrogen-bond donors (Lipinski definition) is 2. The van der Waals surface area contributed by atoms with Gasteiger partial charge in [-0.15, -0.1) is 11.8 Å². The maximum Gasteiger partial charge on any atom is 0.337 e. The summed E-state index contributed by atoms with van der Waals surface area (Å²) in [6.45, 7) is 4.33. The Morgan fingerprint density at radius 2 is 2.25 bits per heavy atom. The fraction of sp³-hybridized carbons (Fsp3) is 0.417. The Kier molecular flexibility index (Phi) is 4.68. The molecule has 0 radical (unpaired) electrons. The number of nitrogens with two attached hydrogens (primary N) is 1. The van der Waals surface area contributed by atoms with Crippen molar-refractivity contribution in [1.29, 1.82) is 0 Å². The molecule has 1 atom stereocenters. The summed E-state index contributed by atoms with van der Waals surface area (Å²) >= 11 is 1.67. The molecular weight excluding hydrogens is 222 g/mol. The molecule has 0 aromatic heterocycles. The van der Waals surface area contributed by atoms with Gasteiger partial charge in [0.05, 0.1) is 5.56 Å². The van der Waals surface area contributed by atoms with Crippen LogP contribution in [0.5, 0.6) is 0 Å². The summed E-state index contributed by atoms with van der Waals surface area (Å²) in [5.74, 6) is 0.666. The van der Waals surface area contributed by atoms with E-state index in [9.17, 15) is 4.79 Å². The number of thioether (sulfide) groups is 1. The third-order valence-electron chi connectivity index (χ3n) is 2.49. The lowest BCUT2D eigenvalue weighted by Gasteiger charge is -2.09. The lowest BCUT2D eigenvalue weighted by molar-refractivity contribution is 0.0698. The number of carbonyl (C=O) groups is 1. The summed E-state index contributed by atoms with van der Waals surface area (Å²) in [5.41, 5.74) is 6.09. The van der Waals surface area contributed by atoms with Crippen LogP contribution in [-0.2, 0) is 0 Å². The molecule has 0 saturated heterocycles. The number of anilines is 1. The van der Waals surface area contributed by atoms with Gasteiger partial charge >= 0.3 is 5.97 Å². The molecule has 0 aliphatic carbocycles. The van der Waals surface area contributed by atoms with Crippen molar-refractivity contribution in [3.8, 4) is 0 Å². The second-order valence-electron chi connectivity index (χ2n) is 3.88. The van der Waals surface area contributed by atoms with Crippen molar-refractivity contribution < 1.29 is 9.90 Å². The average molecular weight is 239 g/mol. The predicted molar refractivity (Wildman–Crippen MR) is 68.0 cm³/mol. The van der Waals surface area contributed by atoms with Crippen LogP contribution in [0.1, 0.15) is 30.6 Å². The van der Waals surface area contributed by atoms with Crippen molar-refractivity contribution in [3.63, 3.8) is 0 Å². The number of benzene rings is 1. The van der Waals surface area contributed by atoms with Gasteiger partial charge in [-0.05, 0) is 24.1 Å². The molecule has 1 rings (SSSR count). The van der Waals surface area contributed by atoms with E-state index in [-0.39, 0.29) is 5.56 Å². The smallest absolute Gasteiger partial charge is 0.337 e. The van der Waals surface area contributed by atoms with E-state index in [1.165, 1.54) is 0 Å². The van der Waals surface area contributed by atoms with Crippen LogP contribution in [0.25, 0.3) is 0 Å². The molecule has 1 unspecified atom stereocenters. The van der Waals surface area contributed by atoms with Crippen molar-refractivity contribution in [1.82, 2.24) is 0 Å². The minimum atomic E-state index is -0.969. The molecule has 3 nitrogen and oxygen atoms in total. The Bertz CT molecular complexity index is 379. The molecule has 0 aliphatic rings. The van der Waals surface area contributed by atoms with Crippen molar-refractivity contribution in [3.05, 3.63) is 23.8 Å². The predicted octanol–water partition coefficient (Wildman–Crippen LogP) is 3.11. The van der Waals surface area contributed by atoms with Crippen LogP contribution in [0, 0.1) is 5.92 Å². The first-order chi connectivity index (χ1) is 7.54. The van der Waals surface area contributed by atoms with Crippen molar-refractivity contribution in [2.75, 3.05) is 11.5 Å². The van der Waals surface area contributed by atoms with E-state index in [0.29, 0.717) is 11.6 Å². The SMILES string of the molecule is CCC(C)CSc1ccc(N)c(C(=O)O)c1. The molecule has 1 aromatic carbocycles. The Hall–Kier alpha value is -1.16. The second-order valence-corrected chi connectivity index (χ2v) is 4.97. The minimum absolute atomic E-state index is 0.189. The van der Waals surface area contributed by atoms with Gasteiger partial charge in [0.2, 0.25) is 0 Å². The van der Waals surface area contributed by atoms with Gasteiger partial charge in [-0.1, -0.05) is 20.3 Å². The summed E-state index contributed by atoms with van der Waals surface area (Å²) < 4.78 is 0. The van der Waals surface area contributed by atoms with Gasteiger partial charge in [0.25, 0.3) is 0 Å². The Balaban J connectivity index is 2.75. The van der Waals surface area contributed by atoms with E-state index in [0.717, 1.165) is 17.1 Å². The third-order valence-corrected chi connectivity index (χ3v) is 3.81. The number of aromatic carboxylic acids is 1. The highest BCUT2D eigenvalue weighted by Crippen LogP contribution is 2.25. The number of rotatable bonds is 5. The first kappa shape index (κ1) is 12.9. The maximum absolute atomic E-state index is 10.9. The Morgan fingerprint density at radius 3 is 2.81 bits per heavy atom. The molecule has 0 bridgehead atoms. The molecule has 0 heterocycles. The average Bonchev–Trinajstić information content (AvgIpc) is 2.27. The molecule has 88 valence electrons. The van der Waals surface area contributed by atoms with E-state index >= 15 is 0 Å². The summed E-state index contributed by atoms with van der Waals surface area (Å²) in [4.78, 5) is 11.8. The first-order valence-electron chi connectivity index (χ1n) is 5.30. The zero-order chi connectivity index (χ0) is 12.1. The monoisotopic (exact) mass is 239 g/mol. The van der Waals surface area contributed by atoms with Crippen LogP contribution < -0.4 is 5.73 Å². The van der Waals surface area contributed by atoms with Gasteiger partial charge < -0.3 is 10.8 Å². The largest absolute Gasteiger partial charge is 0.478 e. The number of carboxylic acids is 1. The number of carboxylic acid groups (broad SMARTS) is 1. The van der Waals surface area contributed by atoms with Crippen molar-refractivity contribution in [2.45, 2.75) is 25.2 Å². The van der Waals surface area contributed by atoms with Gasteiger partial charge in [-0.25, -0.2) is 4.79 Å². The van der Waals surface area contributed by atoms with E-state index in [2.05, 4.69) is 13.8 Å². The minimum Gasteiger partial charge on any atom is -0.478 e. The fourth-order valence-electron chi connectivity index (χ4n) is 1.17. The standard InChI is InChI=1S/C12H17NO2S/c1-3-8(2)7-16-9-4-5-11(13)10(6-9)12(14)15/h4-6,8H,3,7,13H2,1-2H3,(H,14,15). The number of nitrogen functional groups attached to an aromatic ring is 1. The maximum atomic E-state index is 10.9. The quantitative estimate of drug-likeness (QED) is 0.612. The van der Waals surface area contributed by atoms with E-state index in [1.807, 2.05) is 6.07 Å². The summed E-state index contributed by atoms with van der Waals surface area (Å²) in [6.07, 6.45) is 1.13. The van der Waals surface area contributed by atoms with E-state index in [1.54, 1.807) is 23.9 Å². The molecule has 0 aliphatic heterocycles.